The molecule has 2 aromatic carbocycles. The largest absolute Gasteiger partial charge is 0.318 e. The molecule has 1 fully saturated rings. The molecule has 1 aromatic heterocycles. The first-order chi connectivity index (χ1) is 15.7. The van der Waals surface area contributed by atoms with Gasteiger partial charge in [-0.1, -0.05) is 17.7 Å². The predicted octanol–water partition coefficient (Wildman–Crippen LogP) is 4.49. The van der Waals surface area contributed by atoms with E-state index in [1.54, 1.807) is 42.5 Å². The number of aromatic nitrogens is 1. The first-order valence-corrected chi connectivity index (χ1v) is 10.6. The van der Waals surface area contributed by atoms with E-state index in [2.05, 4.69) is 5.32 Å². The van der Waals surface area contributed by atoms with Gasteiger partial charge < -0.3 is 4.57 Å². The SMILES string of the molecule is Cc1cc(/C=C2\C(=O)NC(=S)N(c3ccc(Cl)cc3)C2=O)c(C)n1-c1cccc([N+](=O)[O-])c1. The Morgan fingerprint density at radius 1 is 1.06 bits per heavy atom. The number of rotatable bonds is 4. The first-order valence-electron chi connectivity index (χ1n) is 9.78. The Morgan fingerprint density at radius 3 is 2.42 bits per heavy atom. The number of halogens is 1. The van der Waals surface area contributed by atoms with E-state index in [4.69, 9.17) is 23.8 Å². The summed E-state index contributed by atoms with van der Waals surface area (Å²) < 4.78 is 1.83. The van der Waals surface area contributed by atoms with Crippen LogP contribution in [0, 0.1) is 24.0 Å². The van der Waals surface area contributed by atoms with Crippen molar-refractivity contribution in [3.8, 4) is 5.69 Å². The molecule has 4 rings (SSSR count). The van der Waals surface area contributed by atoms with Gasteiger partial charge in [0, 0.05) is 28.5 Å². The van der Waals surface area contributed by atoms with Crippen molar-refractivity contribution in [1.29, 1.82) is 0 Å². The van der Waals surface area contributed by atoms with E-state index < -0.39 is 16.7 Å². The summed E-state index contributed by atoms with van der Waals surface area (Å²) in [7, 11) is 0. The van der Waals surface area contributed by atoms with Crippen LogP contribution >= 0.6 is 23.8 Å². The lowest BCUT2D eigenvalue weighted by atomic mass is 10.1. The smallest absolute Gasteiger partial charge is 0.271 e. The molecule has 0 spiro atoms. The fourth-order valence-electron chi connectivity index (χ4n) is 3.71. The van der Waals surface area contributed by atoms with Gasteiger partial charge in [-0.2, -0.15) is 0 Å². The fourth-order valence-corrected chi connectivity index (χ4v) is 4.12. The molecule has 0 radical (unpaired) electrons. The molecule has 1 aliphatic heterocycles. The second-order valence-corrected chi connectivity index (χ2v) is 8.20. The minimum Gasteiger partial charge on any atom is -0.318 e. The third kappa shape index (κ3) is 4.15. The highest BCUT2D eigenvalue weighted by atomic mass is 35.5. The summed E-state index contributed by atoms with van der Waals surface area (Å²) >= 11 is 11.2. The Balaban J connectivity index is 1.76. The molecule has 0 saturated carbocycles. The van der Waals surface area contributed by atoms with Crippen LogP contribution in [0.5, 0.6) is 0 Å². The molecule has 1 aliphatic rings. The maximum absolute atomic E-state index is 13.2. The molecule has 0 unspecified atom stereocenters. The number of non-ortho nitro benzene ring substituents is 1. The number of hydrogen-bond donors (Lipinski definition) is 1. The average Bonchev–Trinajstić information content (AvgIpc) is 3.05. The summed E-state index contributed by atoms with van der Waals surface area (Å²) in [6.07, 6.45) is 1.50. The van der Waals surface area contributed by atoms with Crippen molar-refractivity contribution >= 4 is 58.2 Å². The van der Waals surface area contributed by atoms with Gasteiger partial charge in [0.05, 0.1) is 16.3 Å². The zero-order chi connectivity index (χ0) is 23.9. The number of anilines is 1. The summed E-state index contributed by atoms with van der Waals surface area (Å²) in [5, 5.41) is 14.2. The highest BCUT2D eigenvalue weighted by Gasteiger charge is 2.34. The number of nitro groups is 1. The van der Waals surface area contributed by atoms with Gasteiger partial charge in [0.1, 0.15) is 5.57 Å². The predicted molar refractivity (Wildman–Crippen MR) is 130 cm³/mol. The van der Waals surface area contributed by atoms with Gasteiger partial charge in [-0.3, -0.25) is 29.9 Å². The van der Waals surface area contributed by atoms with E-state index in [9.17, 15) is 19.7 Å². The third-order valence-electron chi connectivity index (χ3n) is 5.26. The van der Waals surface area contributed by atoms with Crippen molar-refractivity contribution in [3.63, 3.8) is 0 Å². The van der Waals surface area contributed by atoms with E-state index in [1.165, 1.54) is 23.1 Å². The lowest BCUT2D eigenvalue weighted by Crippen LogP contribution is -2.54. The number of amides is 2. The minimum absolute atomic E-state index is 0.0217. The first kappa shape index (κ1) is 22.4. The van der Waals surface area contributed by atoms with Gasteiger partial charge in [0.25, 0.3) is 17.5 Å². The van der Waals surface area contributed by atoms with E-state index in [1.807, 2.05) is 18.4 Å². The number of carbonyl (C=O) groups is 2. The summed E-state index contributed by atoms with van der Waals surface area (Å²) in [5.41, 5.74) is 3.09. The van der Waals surface area contributed by atoms with Crippen LogP contribution < -0.4 is 10.2 Å². The van der Waals surface area contributed by atoms with Crippen molar-refractivity contribution in [2.75, 3.05) is 4.90 Å². The van der Waals surface area contributed by atoms with Crippen LogP contribution in [-0.2, 0) is 9.59 Å². The lowest BCUT2D eigenvalue weighted by molar-refractivity contribution is -0.384. The van der Waals surface area contributed by atoms with Crippen LogP contribution in [0.4, 0.5) is 11.4 Å². The number of carbonyl (C=O) groups excluding carboxylic acids is 2. The number of aryl methyl sites for hydroxylation is 1. The number of nitro benzene ring substituents is 1. The van der Waals surface area contributed by atoms with Gasteiger partial charge in [-0.15, -0.1) is 0 Å². The van der Waals surface area contributed by atoms with Crippen LogP contribution in [0.2, 0.25) is 5.02 Å². The van der Waals surface area contributed by atoms with Crippen LogP contribution in [0.3, 0.4) is 0 Å². The van der Waals surface area contributed by atoms with Crippen LogP contribution in [0.25, 0.3) is 11.8 Å². The van der Waals surface area contributed by atoms with Gasteiger partial charge >= 0.3 is 0 Å². The van der Waals surface area contributed by atoms with Gasteiger partial charge in [-0.25, -0.2) is 0 Å². The Morgan fingerprint density at radius 2 is 1.76 bits per heavy atom. The standard InChI is InChI=1S/C23H17ClN4O4S/c1-13-10-15(14(2)26(13)18-4-3-5-19(12-18)28(31)32)11-20-21(29)25-23(33)27(22(20)30)17-8-6-16(24)7-9-17/h3-12H,1-2H3,(H,25,29,33)/b20-11+. The van der Waals surface area contributed by atoms with E-state index in [-0.39, 0.29) is 16.4 Å². The maximum Gasteiger partial charge on any atom is 0.271 e. The summed E-state index contributed by atoms with van der Waals surface area (Å²) in [5.74, 6) is -1.17. The molecular weight excluding hydrogens is 464 g/mol. The van der Waals surface area contributed by atoms with E-state index in [0.29, 0.717) is 27.7 Å². The third-order valence-corrected chi connectivity index (χ3v) is 5.79. The van der Waals surface area contributed by atoms with Crippen molar-refractivity contribution in [2.24, 2.45) is 0 Å². The summed E-state index contributed by atoms with van der Waals surface area (Å²) in [6, 6.07) is 14.6. The minimum atomic E-state index is -0.602. The Kier molecular flexibility index (Phi) is 5.84. The van der Waals surface area contributed by atoms with Crippen LogP contribution in [0.15, 0.2) is 60.2 Å². The topological polar surface area (TPSA) is 97.5 Å². The molecule has 2 amide bonds. The highest BCUT2D eigenvalue weighted by molar-refractivity contribution is 7.80. The molecule has 0 aliphatic carbocycles. The van der Waals surface area contributed by atoms with Crippen LogP contribution in [-0.4, -0.2) is 26.4 Å². The fraction of sp³-hybridized carbons (Fsp3) is 0.0870. The number of thiocarbonyl (C=S) groups is 1. The Hall–Kier alpha value is -3.82. The average molecular weight is 481 g/mol. The summed E-state index contributed by atoms with van der Waals surface area (Å²) in [4.78, 5) is 37.8. The summed E-state index contributed by atoms with van der Waals surface area (Å²) in [6.45, 7) is 3.65. The maximum atomic E-state index is 13.2. The highest BCUT2D eigenvalue weighted by Crippen LogP contribution is 2.27. The van der Waals surface area contributed by atoms with E-state index >= 15 is 0 Å². The lowest BCUT2D eigenvalue weighted by Gasteiger charge is -2.28. The molecular formula is C23H17ClN4O4S. The molecule has 3 aromatic rings. The second-order valence-electron chi connectivity index (χ2n) is 7.37. The molecule has 0 bridgehead atoms. The Bertz CT molecular complexity index is 1360. The van der Waals surface area contributed by atoms with Crippen molar-refractivity contribution in [3.05, 3.63) is 92.3 Å². The number of nitrogens with one attached hydrogen (secondary N) is 1. The number of nitrogens with zero attached hydrogens (tertiary/aromatic N) is 3. The van der Waals surface area contributed by atoms with Gasteiger partial charge in [-0.05, 0) is 74.1 Å². The molecule has 1 saturated heterocycles. The molecule has 0 atom stereocenters. The molecule has 8 nitrogen and oxygen atoms in total. The Labute approximate surface area is 199 Å². The normalized spacial score (nSPS) is 15.2. The molecule has 166 valence electrons. The zero-order valence-corrected chi connectivity index (χ0v) is 19.1. The van der Waals surface area contributed by atoms with Crippen molar-refractivity contribution in [2.45, 2.75) is 13.8 Å². The number of hydrogen-bond acceptors (Lipinski definition) is 5. The quantitative estimate of drug-likeness (QED) is 0.195. The molecule has 33 heavy (non-hydrogen) atoms. The monoisotopic (exact) mass is 480 g/mol. The molecule has 2 heterocycles. The van der Waals surface area contributed by atoms with Crippen molar-refractivity contribution < 1.29 is 14.5 Å². The van der Waals surface area contributed by atoms with E-state index in [0.717, 1.165) is 5.69 Å². The molecule has 1 N–H and O–H groups in total. The van der Waals surface area contributed by atoms with Crippen LogP contribution in [0.1, 0.15) is 17.0 Å². The zero-order valence-electron chi connectivity index (χ0n) is 17.5. The second kappa shape index (κ2) is 8.61. The molecule has 10 heteroatoms. The van der Waals surface area contributed by atoms with Gasteiger partial charge in [0.15, 0.2) is 5.11 Å². The van der Waals surface area contributed by atoms with Gasteiger partial charge in [0.2, 0.25) is 0 Å². The number of benzene rings is 2. The van der Waals surface area contributed by atoms with Crippen molar-refractivity contribution in [1.82, 2.24) is 9.88 Å².